The number of hydrogen-bond acceptors (Lipinski definition) is 5. The molecule has 2 aromatic rings. The fourth-order valence-corrected chi connectivity index (χ4v) is 3.17. The smallest absolute Gasteiger partial charge is 0.240 e. The topological polar surface area (TPSA) is 86.3 Å². The van der Waals surface area contributed by atoms with E-state index in [-0.39, 0.29) is 5.91 Å². The maximum atomic E-state index is 12.0. The predicted molar refractivity (Wildman–Crippen MR) is 84.8 cm³/mol. The zero-order chi connectivity index (χ0) is 16.3. The van der Waals surface area contributed by atoms with Crippen molar-refractivity contribution >= 4 is 5.91 Å². The van der Waals surface area contributed by atoms with Crippen molar-refractivity contribution in [3.05, 3.63) is 42.2 Å². The maximum Gasteiger partial charge on any atom is 0.240 e. The molecule has 0 aliphatic carbocycles. The zero-order valence-corrected chi connectivity index (χ0v) is 13.2. The lowest BCUT2D eigenvalue weighted by Crippen LogP contribution is -2.56. The van der Waals surface area contributed by atoms with Crippen molar-refractivity contribution in [1.29, 1.82) is 0 Å². The van der Waals surface area contributed by atoms with E-state index in [1.165, 1.54) is 0 Å². The lowest BCUT2D eigenvalue weighted by atomic mass is 9.96. The van der Waals surface area contributed by atoms with E-state index in [1.807, 2.05) is 30.3 Å². The molecule has 1 aromatic heterocycles. The minimum absolute atomic E-state index is 0.301. The molecule has 7 nitrogen and oxygen atoms in total. The number of rotatable bonds is 6. The van der Waals surface area contributed by atoms with E-state index in [2.05, 4.69) is 15.1 Å². The van der Waals surface area contributed by atoms with E-state index in [9.17, 15) is 4.79 Å². The van der Waals surface area contributed by atoms with E-state index in [4.69, 9.17) is 10.5 Å². The number of hydrogen-bond donors (Lipinski definition) is 1. The Morgan fingerprint density at radius 2 is 2.17 bits per heavy atom. The Morgan fingerprint density at radius 3 is 2.87 bits per heavy atom. The fraction of sp³-hybridized carbons (Fsp3) is 0.438. The molecular weight excluding hydrogens is 294 g/mol. The number of benzene rings is 1. The highest BCUT2D eigenvalue weighted by atomic mass is 16.5. The number of nitrogens with two attached hydrogens (primary N) is 1. The molecule has 0 saturated carbocycles. The molecule has 1 aromatic carbocycles. The highest BCUT2D eigenvalue weighted by Gasteiger charge is 2.46. The van der Waals surface area contributed by atoms with Crippen LogP contribution in [0.3, 0.4) is 0 Å². The van der Waals surface area contributed by atoms with Gasteiger partial charge in [0.2, 0.25) is 5.91 Å². The predicted octanol–water partition coefficient (Wildman–Crippen LogP) is 0.734. The Hall–Kier alpha value is -2.25. The Bertz CT molecular complexity index is 672. The van der Waals surface area contributed by atoms with Gasteiger partial charge < -0.3 is 10.5 Å². The molecule has 23 heavy (non-hydrogen) atoms. The summed E-state index contributed by atoms with van der Waals surface area (Å²) in [4.78, 5) is 15.6. The lowest BCUT2D eigenvalue weighted by Gasteiger charge is -2.34. The number of likely N-dealkylation sites (tertiary alicyclic amines) is 1. The third-order valence-corrected chi connectivity index (χ3v) is 4.34. The number of carbonyl (C=O) groups excluding carboxylic acids is 1. The summed E-state index contributed by atoms with van der Waals surface area (Å²) in [6.07, 6.45) is 3.35. The van der Waals surface area contributed by atoms with Crippen LogP contribution < -0.4 is 5.73 Å². The van der Waals surface area contributed by atoms with Gasteiger partial charge in [0.05, 0.1) is 24.2 Å². The zero-order valence-electron chi connectivity index (χ0n) is 13.2. The van der Waals surface area contributed by atoms with E-state index in [0.717, 1.165) is 24.3 Å². The number of ether oxygens (including phenoxy) is 1. The van der Waals surface area contributed by atoms with Crippen molar-refractivity contribution in [3.63, 3.8) is 0 Å². The summed E-state index contributed by atoms with van der Waals surface area (Å²) in [6, 6.07) is 9.71. The number of primary amides is 1. The quantitative estimate of drug-likeness (QED) is 0.849. The third-order valence-electron chi connectivity index (χ3n) is 4.34. The monoisotopic (exact) mass is 315 g/mol. The largest absolute Gasteiger partial charge is 0.382 e. The number of para-hydroxylation sites is 1. The molecule has 1 saturated heterocycles. The first kappa shape index (κ1) is 15.6. The molecule has 0 bridgehead atoms. The minimum atomic E-state index is -0.745. The van der Waals surface area contributed by atoms with E-state index in [0.29, 0.717) is 19.6 Å². The van der Waals surface area contributed by atoms with Crippen molar-refractivity contribution in [2.24, 2.45) is 5.73 Å². The first-order valence-corrected chi connectivity index (χ1v) is 7.66. The third kappa shape index (κ3) is 2.97. The van der Waals surface area contributed by atoms with Gasteiger partial charge in [0.1, 0.15) is 5.54 Å². The van der Waals surface area contributed by atoms with Gasteiger partial charge >= 0.3 is 0 Å². The molecule has 1 fully saturated rings. The molecule has 7 heteroatoms. The molecule has 3 rings (SSSR count). The Morgan fingerprint density at radius 1 is 1.39 bits per heavy atom. The molecule has 2 heterocycles. The highest BCUT2D eigenvalue weighted by Crippen LogP contribution is 2.30. The summed E-state index contributed by atoms with van der Waals surface area (Å²) in [5.74, 6) is -0.340. The molecule has 1 aliphatic rings. The van der Waals surface area contributed by atoms with Crippen LogP contribution in [0.5, 0.6) is 0 Å². The van der Waals surface area contributed by atoms with Crippen molar-refractivity contribution in [2.45, 2.75) is 24.9 Å². The van der Waals surface area contributed by atoms with Crippen LogP contribution in [-0.4, -0.2) is 51.6 Å². The van der Waals surface area contributed by atoms with Crippen LogP contribution >= 0.6 is 0 Å². The number of carbonyl (C=O) groups is 1. The first-order chi connectivity index (χ1) is 11.2. The molecule has 1 amide bonds. The van der Waals surface area contributed by atoms with Crippen molar-refractivity contribution in [3.8, 4) is 5.69 Å². The van der Waals surface area contributed by atoms with Crippen LogP contribution in [0.2, 0.25) is 0 Å². The summed E-state index contributed by atoms with van der Waals surface area (Å²) < 4.78 is 5.25. The molecule has 1 atom stereocenters. The molecule has 0 spiro atoms. The number of methoxy groups -OCH3 is 1. The fourth-order valence-electron chi connectivity index (χ4n) is 3.17. The SMILES string of the molecule is COCC1(C(N)=O)CCCN1Cc1cnn(-c2ccccc2)n1. The highest BCUT2D eigenvalue weighted by molar-refractivity contribution is 5.85. The van der Waals surface area contributed by atoms with Gasteiger partial charge in [-0.3, -0.25) is 9.69 Å². The molecular formula is C16H21N5O2. The van der Waals surface area contributed by atoms with Crippen LogP contribution in [0.1, 0.15) is 18.5 Å². The van der Waals surface area contributed by atoms with Gasteiger partial charge in [-0.25, -0.2) is 0 Å². The Kier molecular flexibility index (Phi) is 4.40. The Balaban J connectivity index is 1.79. The number of amides is 1. The Labute approximate surface area is 135 Å². The van der Waals surface area contributed by atoms with Gasteiger partial charge in [-0.1, -0.05) is 18.2 Å². The number of aromatic nitrogens is 3. The summed E-state index contributed by atoms with van der Waals surface area (Å²) in [6.45, 7) is 1.62. The average Bonchev–Trinajstić information content (AvgIpc) is 3.17. The average molecular weight is 315 g/mol. The van der Waals surface area contributed by atoms with Gasteiger partial charge in [0.15, 0.2) is 0 Å². The van der Waals surface area contributed by atoms with Crippen LogP contribution in [0.4, 0.5) is 0 Å². The molecule has 1 aliphatic heterocycles. The van der Waals surface area contributed by atoms with E-state index >= 15 is 0 Å². The minimum Gasteiger partial charge on any atom is -0.382 e. The molecule has 122 valence electrons. The second-order valence-corrected chi connectivity index (χ2v) is 5.81. The molecule has 0 radical (unpaired) electrons. The van der Waals surface area contributed by atoms with E-state index in [1.54, 1.807) is 18.1 Å². The summed E-state index contributed by atoms with van der Waals surface area (Å²) in [5.41, 5.74) is 6.62. The van der Waals surface area contributed by atoms with E-state index < -0.39 is 5.54 Å². The molecule has 1 unspecified atom stereocenters. The summed E-state index contributed by atoms with van der Waals surface area (Å²) in [7, 11) is 1.59. The number of nitrogens with zero attached hydrogens (tertiary/aromatic N) is 4. The normalized spacial score (nSPS) is 21.6. The van der Waals surface area contributed by atoms with Gasteiger partial charge in [-0.15, -0.1) is 0 Å². The maximum absolute atomic E-state index is 12.0. The van der Waals surface area contributed by atoms with Crippen molar-refractivity contribution in [1.82, 2.24) is 19.9 Å². The molecule has 2 N–H and O–H groups in total. The second-order valence-electron chi connectivity index (χ2n) is 5.81. The van der Waals surface area contributed by atoms with Crippen LogP contribution in [0.15, 0.2) is 36.5 Å². The summed E-state index contributed by atoms with van der Waals surface area (Å²) >= 11 is 0. The standard InChI is InChI=1S/C16H21N5O2/c1-23-12-16(15(17)22)8-5-9-20(16)11-13-10-18-21(19-13)14-6-3-2-4-7-14/h2-4,6-7,10H,5,8-9,11-12H2,1H3,(H2,17,22). The van der Waals surface area contributed by atoms with Gasteiger partial charge in [-0.2, -0.15) is 15.0 Å². The van der Waals surface area contributed by atoms with Crippen molar-refractivity contribution in [2.75, 3.05) is 20.3 Å². The summed E-state index contributed by atoms with van der Waals surface area (Å²) in [5, 5.41) is 8.80. The van der Waals surface area contributed by atoms with Gasteiger partial charge in [0, 0.05) is 13.7 Å². The van der Waals surface area contributed by atoms with Crippen LogP contribution in [0.25, 0.3) is 5.69 Å². The van der Waals surface area contributed by atoms with Crippen LogP contribution in [-0.2, 0) is 16.1 Å². The van der Waals surface area contributed by atoms with Gasteiger partial charge in [-0.05, 0) is 31.5 Å². The lowest BCUT2D eigenvalue weighted by molar-refractivity contribution is -0.132. The van der Waals surface area contributed by atoms with Crippen LogP contribution in [0, 0.1) is 0 Å². The first-order valence-electron chi connectivity index (χ1n) is 7.66. The second kappa shape index (κ2) is 6.47. The van der Waals surface area contributed by atoms with Gasteiger partial charge in [0.25, 0.3) is 0 Å². The van der Waals surface area contributed by atoms with Crippen molar-refractivity contribution < 1.29 is 9.53 Å².